The molecule has 7 heteroatoms. The molecule has 0 unspecified atom stereocenters. The molecule has 0 heterocycles. The molecule has 6 nitrogen and oxygen atoms in total. The van der Waals surface area contributed by atoms with Crippen LogP contribution >= 0.6 is 0 Å². The summed E-state index contributed by atoms with van der Waals surface area (Å²) in [5, 5.41) is 3.00. The van der Waals surface area contributed by atoms with Gasteiger partial charge in [-0.1, -0.05) is 43.5 Å². The van der Waals surface area contributed by atoms with Crippen LogP contribution in [0.15, 0.2) is 53.4 Å². The largest absolute Gasteiger partial charge is 0.497 e. The van der Waals surface area contributed by atoms with Crippen LogP contribution in [0.5, 0.6) is 5.75 Å². The Morgan fingerprint density at radius 3 is 2.29 bits per heavy atom. The summed E-state index contributed by atoms with van der Waals surface area (Å²) in [4.78, 5) is 12.6. The highest BCUT2D eigenvalue weighted by Gasteiger charge is 2.21. The third kappa shape index (κ3) is 6.80. The van der Waals surface area contributed by atoms with Crippen molar-refractivity contribution >= 4 is 15.9 Å². The van der Waals surface area contributed by atoms with Crippen LogP contribution < -0.4 is 14.8 Å². The number of carbonyl (C=O) groups is 1. The number of carbonyl (C=O) groups excluding carboxylic acids is 1. The molecule has 1 aliphatic carbocycles. The first-order chi connectivity index (χ1) is 14.9. The van der Waals surface area contributed by atoms with Gasteiger partial charge in [0.2, 0.25) is 15.9 Å². The van der Waals surface area contributed by atoms with E-state index in [1.807, 2.05) is 31.2 Å². The summed E-state index contributed by atoms with van der Waals surface area (Å²) in [6, 6.07) is 14.4. The van der Waals surface area contributed by atoms with Crippen molar-refractivity contribution in [3.05, 3.63) is 59.7 Å². The Balaban J connectivity index is 1.49. The first-order valence-corrected chi connectivity index (χ1v) is 12.4. The highest BCUT2D eigenvalue weighted by molar-refractivity contribution is 7.89. The van der Waals surface area contributed by atoms with Gasteiger partial charge in [0.05, 0.1) is 18.0 Å². The summed E-state index contributed by atoms with van der Waals surface area (Å²) >= 11 is 0. The fraction of sp³-hybridized carbons (Fsp3) is 0.458. The first-order valence-electron chi connectivity index (χ1n) is 10.9. The molecule has 2 N–H and O–H groups in total. The van der Waals surface area contributed by atoms with Gasteiger partial charge < -0.3 is 10.1 Å². The highest BCUT2D eigenvalue weighted by atomic mass is 32.2. The van der Waals surface area contributed by atoms with Gasteiger partial charge in [-0.05, 0) is 61.6 Å². The Kier molecular flexibility index (Phi) is 8.09. The van der Waals surface area contributed by atoms with Crippen molar-refractivity contribution < 1.29 is 17.9 Å². The number of methoxy groups -OCH3 is 1. The maximum Gasteiger partial charge on any atom is 0.240 e. The Morgan fingerprint density at radius 2 is 1.68 bits per heavy atom. The predicted molar refractivity (Wildman–Crippen MR) is 122 cm³/mol. The minimum absolute atomic E-state index is 0.0369. The lowest BCUT2D eigenvalue weighted by Crippen LogP contribution is -2.36. The van der Waals surface area contributed by atoms with Gasteiger partial charge in [0.25, 0.3) is 0 Å². The van der Waals surface area contributed by atoms with Crippen molar-refractivity contribution in [3.63, 3.8) is 0 Å². The number of aryl methyl sites for hydroxylation is 1. The summed E-state index contributed by atoms with van der Waals surface area (Å²) in [7, 11) is -1.88. The summed E-state index contributed by atoms with van der Waals surface area (Å²) in [6.45, 7) is 1.94. The van der Waals surface area contributed by atoms with Crippen molar-refractivity contribution in [1.29, 1.82) is 0 Å². The van der Waals surface area contributed by atoms with Crippen molar-refractivity contribution in [1.82, 2.24) is 10.0 Å². The van der Waals surface area contributed by atoms with Crippen molar-refractivity contribution in [2.75, 3.05) is 7.11 Å². The van der Waals surface area contributed by atoms with Crippen LogP contribution in [0.2, 0.25) is 0 Å². The van der Waals surface area contributed by atoms with E-state index in [0.29, 0.717) is 12.8 Å². The fourth-order valence-corrected chi connectivity index (χ4v) is 5.20. The van der Waals surface area contributed by atoms with Crippen LogP contribution in [0.4, 0.5) is 0 Å². The Labute approximate surface area is 185 Å². The number of hydrogen-bond donors (Lipinski definition) is 2. The van der Waals surface area contributed by atoms with Crippen LogP contribution in [0.3, 0.4) is 0 Å². The van der Waals surface area contributed by atoms with Crippen LogP contribution in [0, 0.1) is 0 Å². The zero-order valence-corrected chi connectivity index (χ0v) is 19.1. The molecule has 2 aromatic carbocycles. The third-order valence-corrected chi connectivity index (χ3v) is 7.33. The summed E-state index contributed by atoms with van der Waals surface area (Å²) in [6.07, 6.45) is 6.03. The number of benzene rings is 2. The maximum absolute atomic E-state index is 12.6. The molecule has 0 radical (unpaired) electrons. The highest BCUT2D eigenvalue weighted by Crippen LogP contribution is 2.21. The Hall–Kier alpha value is -2.38. The fourth-order valence-electron chi connectivity index (χ4n) is 3.89. The van der Waals surface area contributed by atoms with Gasteiger partial charge in [-0.3, -0.25) is 4.79 Å². The molecule has 0 spiro atoms. The lowest BCUT2D eigenvalue weighted by molar-refractivity contribution is -0.121. The predicted octanol–water partition coefficient (Wildman–Crippen LogP) is 4.12. The van der Waals surface area contributed by atoms with Gasteiger partial charge in [0.15, 0.2) is 0 Å². The average molecular weight is 445 g/mol. The molecule has 2 aromatic rings. The molecule has 0 bridgehead atoms. The Bertz CT molecular complexity index is 950. The zero-order valence-electron chi connectivity index (χ0n) is 18.3. The van der Waals surface area contributed by atoms with E-state index in [9.17, 15) is 13.2 Å². The van der Waals surface area contributed by atoms with E-state index in [1.165, 1.54) is 6.42 Å². The van der Waals surface area contributed by atoms with Gasteiger partial charge in [0, 0.05) is 12.5 Å². The number of nitrogens with one attached hydrogen (secondary N) is 2. The summed E-state index contributed by atoms with van der Waals surface area (Å²) in [5.41, 5.74) is 1.94. The van der Waals surface area contributed by atoms with Gasteiger partial charge in [-0.15, -0.1) is 0 Å². The van der Waals surface area contributed by atoms with Crippen molar-refractivity contribution in [2.45, 2.75) is 68.8 Å². The summed E-state index contributed by atoms with van der Waals surface area (Å²) in [5.74, 6) is 0.737. The molecule has 1 amide bonds. The minimum atomic E-state index is -3.50. The molecule has 1 aliphatic rings. The molecular formula is C24H32N2O4S. The van der Waals surface area contributed by atoms with E-state index in [0.717, 1.165) is 42.6 Å². The minimum Gasteiger partial charge on any atom is -0.497 e. The Morgan fingerprint density at radius 1 is 1.03 bits per heavy atom. The SMILES string of the molecule is COc1ccc([C@@H](C)NC(=O)CCc2ccc(S(=O)(=O)NC3CCCCC3)cc2)cc1. The monoisotopic (exact) mass is 444 g/mol. The van der Waals surface area contributed by atoms with Gasteiger partial charge >= 0.3 is 0 Å². The molecule has 0 aromatic heterocycles. The van der Waals surface area contributed by atoms with E-state index in [-0.39, 0.29) is 22.9 Å². The molecule has 1 saturated carbocycles. The van der Waals surface area contributed by atoms with E-state index < -0.39 is 10.0 Å². The number of amides is 1. The van der Waals surface area contributed by atoms with E-state index in [2.05, 4.69) is 10.0 Å². The third-order valence-electron chi connectivity index (χ3n) is 5.79. The van der Waals surface area contributed by atoms with Gasteiger partial charge in [-0.2, -0.15) is 0 Å². The van der Waals surface area contributed by atoms with Crippen LogP contribution in [0.1, 0.15) is 62.6 Å². The second kappa shape index (κ2) is 10.8. The van der Waals surface area contributed by atoms with Crippen LogP contribution in [-0.2, 0) is 21.2 Å². The number of ether oxygens (including phenoxy) is 1. The van der Waals surface area contributed by atoms with E-state index in [4.69, 9.17) is 4.74 Å². The van der Waals surface area contributed by atoms with Crippen molar-refractivity contribution in [2.24, 2.45) is 0 Å². The second-order valence-electron chi connectivity index (χ2n) is 8.16. The smallest absolute Gasteiger partial charge is 0.240 e. The lowest BCUT2D eigenvalue weighted by atomic mass is 9.96. The first kappa shape index (κ1) is 23.3. The molecule has 168 valence electrons. The molecular weight excluding hydrogens is 412 g/mol. The standard InChI is InChI=1S/C24H32N2O4S/c1-18(20-11-13-22(30-2)14-12-20)25-24(27)17-10-19-8-15-23(16-9-19)31(28,29)26-21-6-4-3-5-7-21/h8-9,11-16,18,21,26H,3-7,10,17H2,1-2H3,(H,25,27)/t18-/m1/s1. The quantitative estimate of drug-likeness (QED) is 0.609. The van der Waals surface area contributed by atoms with Crippen LogP contribution in [-0.4, -0.2) is 27.5 Å². The number of hydrogen-bond acceptors (Lipinski definition) is 4. The second-order valence-corrected chi connectivity index (χ2v) is 9.88. The molecule has 1 fully saturated rings. The van der Waals surface area contributed by atoms with Gasteiger partial charge in [0.1, 0.15) is 5.75 Å². The zero-order chi connectivity index (χ0) is 22.3. The lowest BCUT2D eigenvalue weighted by Gasteiger charge is -2.22. The molecule has 31 heavy (non-hydrogen) atoms. The van der Waals surface area contributed by atoms with Crippen molar-refractivity contribution in [3.8, 4) is 5.75 Å². The van der Waals surface area contributed by atoms with E-state index in [1.54, 1.807) is 31.4 Å². The van der Waals surface area contributed by atoms with Gasteiger partial charge in [-0.25, -0.2) is 13.1 Å². The number of sulfonamides is 1. The normalized spacial score (nSPS) is 15.9. The topological polar surface area (TPSA) is 84.5 Å². The van der Waals surface area contributed by atoms with E-state index >= 15 is 0 Å². The molecule has 0 saturated heterocycles. The molecule has 1 atom stereocenters. The number of rotatable bonds is 9. The molecule has 3 rings (SSSR count). The maximum atomic E-state index is 12.6. The average Bonchev–Trinajstić information content (AvgIpc) is 2.78. The summed E-state index contributed by atoms with van der Waals surface area (Å²) < 4.78 is 33.2. The van der Waals surface area contributed by atoms with Crippen LogP contribution in [0.25, 0.3) is 0 Å². The molecule has 0 aliphatic heterocycles.